The van der Waals surface area contributed by atoms with Crippen LogP contribution >= 0.6 is 0 Å². The van der Waals surface area contributed by atoms with Crippen molar-refractivity contribution in [2.75, 3.05) is 19.6 Å². The zero-order valence-corrected chi connectivity index (χ0v) is 9.73. The lowest BCUT2D eigenvalue weighted by atomic mass is 10.1. The van der Waals surface area contributed by atoms with Crippen LogP contribution in [-0.4, -0.2) is 42.4 Å². The van der Waals surface area contributed by atoms with Crippen LogP contribution in [-0.2, 0) is 4.79 Å². The minimum Gasteiger partial charge on any atom is -0.368 e. The summed E-state index contributed by atoms with van der Waals surface area (Å²) < 4.78 is 13.0. The van der Waals surface area contributed by atoms with Crippen LogP contribution in [0.3, 0.4) is 0 Å². The summed E-state index contributed by atoms with van der Waals surface area (Å²) in [6, 6.07) is 4.95. The first kappa shape index (κ1) is 12.5. The summed E-state index contributed by atoms with van der Waals surface area (Å²) >= 11 is 0. The van der Waals surface area contributed by atoms with E-state index in [0.717, 1.165) is 0 Å². The van der Waals surface area contributed by atoms with Gasteiger partial charge in [0.15, 0.2) is 0 Å². The van der Waals surface area contributed by atoms with Gasteiger partial charge in [0.1, 0.15) is 11.9 Å². The van der Waals surface area contributed by atoms with Crippen LogP contribution in [0.5, 0.6) is 0 Å². The maximum Gasteiger partial charge on any atom is 0.254 e. The van der Waals surface area contributed by atoms with Gasteiger partial charge < -0.3 is 16.0 Å². The van der Waals surface area contributed by atoms with E-state index in [-0.39, 0.29) is 18.0 Å². The number of nitrogens with one attached hydrogen (secondary N) is 1. The number of primary amides is 1. The summed E-state index contributed by atoms with van der Waals surface area (Å²) in [5, 5.41) is 2.92. The predicted octanol–water partition coefficient (Wildman–Crippen LogP) is -0.275. The van der Waals surface area contributed by atoms with Gasteiger partial charge >= 0.3 is 0 Å². The van der Waals surface area contributed by atoms with Gasteiger partial charge in [0.25, 0.3) is 5.91 Å². The van der Waals surface area contributed by atoms with Crippen molar-refractivity contribution in [3.63, 3.8) is 0 Å². The molecule has 0 saturated carbocycles. The van der Waals surface area contributed by atoms with Crippen molar-refractivity contribution < 1.29 is 14.0 Å². The Kier molecular flexibility index (Phi) is 3.57. The number of rotatable bonds is 2. The molecule has 1 heterocycles. The van der Waals surface area contributed by atoms with Crippen molar-refractivity contribution >= 4 is 11.8 Å². The molecule has 1 aliphatic heterocycles. The number of nitrogens with two attached hydrogens (primary N) is 1. The number of hydrogen-bond acceptors (Lipinski definition) is 3. The Hall–Kier alpha value is -1.95. The van der Waals surface area contributed by atoms with Crippen molar-refractivity contribution in [3.05, 3.63) is 35.6 Å². The van der Waals surface area contributed by atoms with E-state index in [2.05, 4.69) is 5.32 Å². The number of carbonyl (C=O) groups excluding carboxylic acids is 2. The Morgan fingerprint density at radius 2 is 2.22 bits per heavy atom. The Bertz CT molecular complexity index is 478. The number of amides is 2. The number of hydrogen-bond donors (Lipinski definition) is 2. The third kappa shape index (κ3) is 2.65. The molecule has 1 fully saturated rings. The second kappa shape index (κ2) is 5.14. The minimum absolute atomic E-state index is 0.213. The fourth-order valence-electron chi connectivity index (χ4n) is 1.93. The molecule has 1 atom stereocenters. The molecule has 0 unspecified atom stereocenters. The molecule has 96 valence electrons. The number of benzene rings is 1. The molecule has 5 nitrogen and oxygen atoms in total. The van der Waals surface area contributed by atoms with Gasteiger partial charge in [-0.25, -0.2) is 4.39 Å². The van der Waals surface area contributed by atoms with Crippen LogP contribution in [0.4, 0.5) is 4.39 Å². The lowest BCUT2D eigenvalue weighted by Gasteiger charge is -2.32. The van der Waals surface area contributed by atoms with E-state index in [1.54, 1.807) is 6.07 Å². The van der Waals surface area contributed by atoms with Gasteiger partial charge in [-0.2, -0.15) is 0 Å². The average molecular weight is 251 g/mol. The molecular weight excluding hydrogens is 237 g/mol. The molecule has 0 aliphatic carbocycles. The van der Waals surface area contributed by atoms with E-state index >= 15 is 0 Å². The van der Waals surface area contributed by atoms with E-state index in [0.29, 0.717) is 13.1 Å². The molecule has 1 aromatic rings. The zero-order chi connectivity index (χ0) is 13.1. The summed E-state index contributed by atoms with van der Waals surface area (Å²) in [6.45, 7) is 1.18. The standard InChI is InChI=1S/C12H14FN3O2/c13-9-3-1-2-8(6-9)12(18)16-5-4-15-10(7-16)11(14)17/h1-3,6,10,15H,4-5,7H2,(H2,14,17)/t10-/m0/s1. The van der Waals surface area contributed by atoms with Crippen molar-refractivity contribution in [3.8, 4) is 0 Å². The van der Waals surface area contributed by atoms with E-state index in [4.69, 9.17) is 5.73 Å². The van der Waals surface area contributed by atoms with Gasteiger partial charge in [0.05, 0.1) is 0 Å². The summed E-state index contributed by atoms with van der Waals surface area (Å²) in [4.78, 5) is 24.7. The Morgan fingerprint density at radius 3 is 2.89 bits per heavy atom. The Labute approximate surface area is 104 Å². The first-order chi connectivity index (χ1) is 8.58. The normalized spacial score (nSPS) is 19.6. The molecular formula is C12H14FN3O2. The zero-order valence-electron chi connectivity index (χ0n) is 9.73. The van der Waals surface area contributed by atoms with Crippen LogP contribution in [0.25, 0.3) is 0 Å². The lowest BCUT2D eigenvalue weighted by molar-refractivity contribution is -0.120. The van der Waals surface area contributed by atoms with Gasteiger partial charge in [-0.1, -0.05) is 6.07 Å². The molecule has 1 aliphatic rings. The molecule has 0 bridgehead atoms. The fraction of sp³-hybridized carbons (Fsp3) is 0.333. The highest BCUT2D eigenvalue weighted by Gasteiger charge is 2.27. The largest absolute Gasteiger partial charge is 0.368 e. The van der Waals surface area contributed by atoms with Crippen molar-refractivity contribution in [1.29, 1.82) is 0 Å². The van der Waals surface area contributed by atoms with Crippen LogP contribution in [0.1, 0.15) is 10.4 Å². The Morgan fingerprint density at radius 1 is 1.44 bits per heavy atom. The summed E-state index contributed by atoms with van der Waals surface area (Å²) in [7, 11) is 0. The molecule has 18 heavy (non-hydrogen) atoms. The number of halogens is 1. The van der Waals surface area contributed by atoms with Gasteiger partial charge in [0.2, 0.25) is 5.91 Å². The smallest absolute Gasteiger partial charge is 0.254 e. The summed E-state index contributed by atoms with van der Waals surface area (Å²) in [6.07, 6.45) is 0. The maximum atomic E-state index is 13.0. The molecule has 6 heteroatoms. The topological polar surface area (TPSA) is 75.4 Å². The molecule has 1 aromatic carbocycles. The monoisotopic (exact) mass is 251 g/mol. The van der Waals surface area contributed by atoms with Crippen LogP contribution in [0.15, 0.2) is 24.3 Å². The third-order valence-corrected chi connectivity index (χ3v) is 2.88. The van der Waals surface area contributed by atoms with Gasteiger partial charge in [-0.05, 0) is 18.2 Å². The van der Waals surface area contributed by atoms with Gasteiger partial charge in [-0.15, -0.1) is 0 Å². The van der Waals surface area contributed by atoms with Crippen LogP contribution in [0.2, 0.25) is 0 Å². The van der Waals surface area contributed by atoms with Crippen LogP contribution in [0, 0.1) is 5.82 Å². The highest BCUT2D eigenvalue weighted by molar-refractivity contribution is 5.94. The van der Waals surface area contributed by atoms with Gasteiger partial charge in [0, 0.05) is 25.2 Å². The highest BCUT2D eigenvalue weighted by Crippen LogP contribution is 2.09. The van der Waals surface area contributed by atoms with Crippen molar-refractivity contribution in [2.24, 2.45) is 5.73 Å². The SMILES string of the molecule is NC(=O)[C@@H]1CN(C(=O)c2cccc(F)c2)CCN1. The molecule has 0 spiro atoms. The lowest BCUT2D eigenvalue weighted by Crippen LogP contribution is -2.57. The summed E-state index contributed by atoms with van der Waals surface area (Å²) in [5.41, 5.74) is 5.47. The third-order valence-electron chi connectivity index (χ3n) is 2.88. The molecule has 2 rings (SSSR count). The second-order valence-corrected chi connectivity index (χ2v) is 4.17. The first-order valence-corrected chi connectivity index (χ1v) is 5.65. The quantitative estimate of drug-likeness (QED) is 0.759. The number of carbonyl (C=O) groups is 2. The van der Waals surface area contributed by atoms with Crippen molar-refractivity contribution in [1.82, 2.24) is 10.2 Å². The number of nitrogens with zero attached hydrogens (tertiary/aromatic N) is 1. The van der Waals surface area contributed by atoms with Gasteiger partial charge in [-0.3, -0.25) is 9.59 Å². The second-order valence-electron chi connectivity index (χ2n) is 4.17. The minimum atomic E-state index is -0.545. The van der Waals surface area contributed by atoms with E-state index < -0.39 is 17.8 Å². The summed E-state index contributed by atoms with van der Waals surface area (Å²) in [5.74, 6) is -1.24. The van der Waals surface area contributed by atoms with Crippen molar-refractivity contribution in [2.45, 2.75) is 6.04 Å². The number of piperazine rings is 1. The first-order valence-electron chi connectivity index (χ1n) is 5.65. The highest BCUT2D eigenvalue weighted by atomic mass is 19.1. The molecule has 0 aromatic heterocycles. The molecule has 3 N–H and O–H groups in total. The predicted molar refractivity (Wildman–Crippen MR) is 63.3 cm³/mol. The Balaban J connectivity index is 2.11. The average Bonchev–Trinajstić information content (AvgIpc) is 2.38. The van der Waals surface area contributed by atoms with E-state index in [9.17, 15) is 14.0 Å². The van der Waals surface area contributed by atoms with E-state index in [1.165, 1.54) is 23.1 Å². The fourth-order valence-corrected chi connectivity index (χ4v) is 1.93. The maximum absolute atomic E-state index is 13.0. The van der Waals surface area contributed by atoms with E-state index in [1.807, 2.05) is 0 Å². The van der Waals surface area contributed by atoms with Crippen LogP contribution < -0.4 is 11.1 Å². The molecule has 2 amide bonds. The molecule has 0 radical (unpaired) electrons. The molecule has 1 saturated heterocycles.